The maximum atomic E-state index is 9.51. The Labute approximate surface area is 119 Å². The summed E-state index contributed by atoms with van der Waals surface area (Å²) < 4.78 is 11.4. The number of ether oxygens (including phenoxy) is 2. The minimum absolute atomic E-state index is 0.161. The Kier molecular flexibility index (Phi) is 5.08. The van der Waals surface area contributed by atoms with Crippen LogP contribution in [-0.2, 0) is 4.74 Å². The van der Waals surface area contributed by atoms with E-state index in [2.05, 4.69) is 0 Å². The van der Waals surface area contributed by atoms with Gasteiger partial charge in [-0.3, -0.25) is 0 Å². The molecule has 3 unspecified atom stereocenters. The second kappa shape index (κ2) is 6.60. The lowest BCUT2D eigenvalue weighted by Crippen LogP contribution is -2.29. The third kappa shape index (κ3) is 3.85. The first-order chi connectivity index (χ1) is 9.10. The first-order valence-corrected chi connectivity index (χ1v) is 7.15. The average molecular weight is 285 g/mol. The van der Waals surface area contributed by atoms with E-state index in [0.29, 0.717) is 10.8 Å². The van der Waals surface area contributed by atoms with Gasteiger partial charge in [0, 0.05) is 13.5 Å². The Morgan fingerprint density at radius 1 is 1.32 bits per heavy atom. The third-order valence-corrected chi connectivity index (χ3v) is 3.94. The molecule has 0 saturated heterocycles. The summed E-state index contributed by atoms with van der Waals surface area (Å²) in [5, 5.41) is 10.1. The van der Waals surface area contributed by atoms with Crippen LogP contribution in [0.5, 0.6) is 5.75 Å². The van der Waals surface area contributed by atoms with Crippen molar-refractivity contribution >= 4 is 11.6 Å². The molecule has 0 amide bonds. The largest absolute Gasteiger partial charge is 0.489 e. The van der Waals surface area contributed by atoms with Crippen LogP contribution in [0.4, 0.5) is 0 Å². The predicted molar refractivity (Wildman–Crippen MR) is 75.8 cm³/mol. The van der Waals surface area contributed by atoms with Gasteiger partial charge >= 0.3 is 0 Å². The maximum Gasteiger partial charge on any atom is 0.138 e. The number of aliphatic hydroxyl groups excluding tert-OH is 1. The fraction of sp³-hybridized carbons (Fsp3) is 0.600. The van der Waals surface area contributed by atoms with Gasteiger partial charge in [0.05, 0.1) is 17.2 Å². The van der Waals surface area contributed by atoms with Crippen LogP contribution in [0.25, 0.3) is 0 Å². The van der Waals surface area contributed by atoms with Crippen molar-refractivity contribution in [2.45, 2.75) is 50.9 Å². The molecule has 0 aliphatic heterocycles. The molecule has 0 radical (unpaired) electrons. The van der Waals surface area contributed by atoms with Crippen LogP contribution in [0.3, 0.4) is 0 Å². The van der Waals surface area contributed by atoms with Crippen LogP contribution in [0.1, 0.15) is 44.3 Å². The zero-order chi connectivity index (χ0) is 13.8. The van der Waals surface area contributed by atoms with E-state index in [9.17, 15) is 5.11 Å². The zero-order valence-corrected chi connectivity index (χ0v) is 12.2. The number of hydrogen-bond donors (Lipinski definition) is 1. The molecular formula is C15H21ClO3. The molecule has 0 heterocycles. The molecule has 19 heavy (non-hydrogen) atoms. The van der Waals surface area contributed by atoms with E-state index in [1.807, 2.05) is 12.1 Å². The van der Waals surface area contributed by atoms with Crippen molar-refractivity contribution in [1.82, 2.24) is 0 Å². The Morgan fingerprint density at radius 3 is 2.68 bits per heavy atom. The number of methoxy groups -OCH3 is 1. The van der Waals surface area contributed by atoms with E-state index in [-0.39, 0.29) is 12.2 Å². The van der Waals surface area contributed by atoms with Crippen LogP contribution in [0.15, 0.2) is 18.2 Å². The lowest BCUT2D eigenvalue weighted by molar-refractivity contribution is 0.0210. The average Bonchev–Trinajstić information content (AvgIpc) is 2.41. The van der Waals surface area contributed by atoms with Crippen molar-refractivity contribution in [1.29, 1.82) is 0 Å². The van der Waals surface area contributed by atoms with Crippen molar-refractivity contribution in [3.05, 3.63) is 28.8 Å². The van der Waals surface area contributed by atoms with Crippen LogP contribution >= 0.6 is 11.6 Å². The van der Waals surface area contributed by atoms with Gasteiger partial charge in [0.25, 0.3) is 0 Å². The van der Waals surface area contributed by atoms with Crippen LogP contribution < -0.4 is 4.74 Å². The summed E-state index contributed by atoms with van der Waals surface area (Å²) in [6.45, 7) is 1.72. The van der Waals surface area contributed by atoms with Crippen molar-refractivity contribution in [2.24, 2.45) is 0 Å². The molecule has 1 aromatic carbocycles. The molecule has 1 N–H and O–H groups in total. The molecule has 1 aromatic rings. The second-order valence-electron chi connectivity index (χ2n) is 5.13. The van der Waals surface area contributed by atoms with Crippen LogP contribution in [-0.4, -0.2) is 24.4 Å². The van der Waals surface area contributed by atoms with Gasteiger partial charge < -0.3 is 14.6 Å². The first-order valence-electron chi connectivity index (χ1n) is 6.77. The Bertz CT molecular complexity index is 420. The minimum atomic E-state index is -0.515. The van der Waals surface area contributed by atoms with Gasteiger partial charge in [-0.15, -0.1) is 0 Å². The highest BCUT2D eigenvalue weighted by molar-refractivity contribution is 6.32. The molecule has 0 aromatic heterocycles. The Morgan fingerprint density at radius 2 is 2.05 bits per heavy atom. The van der Waals surface area contributed by atoms with E-state index >= 15 is 0 Å². The molecule has 2 rings (SSSR count). The summed E-state index contributed by atoms with van der Waals surface area (Å²) in [6.07, 6.45) is 4.10. The highest BCUT2D eigenvalue weighted by Gasteiger charge is 2.23. The van der Waals surface area contributed by atoms with Gasteiger partial charge in [-0.1, -0.05) is 17.7 Å². The summed E-state index contributed by atoms with van der Waals surface area (Å²) in [5.74, 6) is 0.688. The van der Waals surface area contributed by atoms with Gasteiger partial charge in [0.1, 0.15) is 11.9 Å². The lowest BCUT2D eigenvalue weighted by atomic mass is 9.95. The maximum absolute atomic E-state index is 9.51. The monoisotopic (exact) mass is 284 g/mol. The van der Waals surface area contributed by atoms with Gasteiger partial charge in [-0.05, 0) is 43.9 Å². The summed E-state index contributed by atoms with van der Waals surface area (Å²) in [5.41, 5.74) is 0.802. The number of hydrogen-bond acceptors (Lipinski definition) is 3. The third-order valence-electron chi connectivity index (χ3n) is 3.64. The second-order valence-corrected chi connectivity index (χ2v) is 5.54. The standard InChI is InChI=1S/C15H21ClO3/c1-10(17)11-6-7-15(14(16)8-11)19-13-5-3-4-12(9-13)18-2/h6-8,10,12-13,17H,3-5,9H2,1-2H3. The van der Waals surface area contributed by atoms with Gasteiger partial charge in [-0.25, -0.2) is 0 Å². The van der Waals surface area contributed by atoms with Crippen LogP contribution in [0, 0.1) is 0 Å². The number of benzene rings is 1. The topological polar surface area (TPSA) is 38.7 Å². The number of aliphatic hydroxyl groups is 1. The molecule has 1 fully saturated rings. The highest BCUT2D eigenvalue weighted by Crippen LogP contribution is 2.31. The fourth-order valence-corrected chi connectivity index (χ4v) is 2.71. The summed E-state index contributed by atoms with van der Waals surface area (Å²) in [7, 11) is 1.75. The fourth-order valence-electron chi connectivity index (χ4n) is 2.48. The first kappa shape index (κ1) is 14.6. The predicted octanol–water partition coefficient (Wildman–Crippen LogP) is 3.73. The number of halogens is 1. The summed E-state index contributed by atoms with van der Waals surface area (Å²) in [4.78, 5) is 0. The molecule has 3 atom stereocenters. The lowest BCUT2D eigenvalue weighted by Gasteiger charge is -2.29. The van der Waals surface area contributed by atoms with E-state index in [1.54, 1.807) is 20.1 Å². The van der Waals surface area contributed by atoms with Crippen molar-refractivity contribution in [2.75, 3.05) is 7.11 Å². The summed E-state index contributed by atoms with van der Waals surface area (Å²) in [6, 6.07) is 5.45. The SMILES string of the molecule is COC1CCCC(Oc2ccc(C(C)O)cc2Cl)C1. The molecule has 0 bridgehead atoms. The molecule has 106 valence electrons. The van der Waals surface area contributed by atoms with E-state index in [4.69, 9.17) is 21.1 Å². The molecule has 1 aliphatic rings. The highest BCUT2D eigenvalue weighted by atomic mass is 35.5. The molecular weight excluding hydrogens is 264 g/mol. The molecule has 1 saturated carbocycles. The smallest absolute Gasteiger partial charge is 0.138 e. The Hall–Kier alpha value is -0.770. The van der Waals surface area contributed by atoms with Crippen LogP contribution in [0.2, 0.25) is 5.02 Å². The van der Waals surface area contributed by atoms with Crippen molar-refractivity contribution < 1.29 is 14.6 Å². The van der Waals surface area contributed by atoms with E-state index in [0.717, 1.165) is 31.2 Å². The van der Waals surface area contributed by atoms with Gasteiger partial charge in [-0.2, -0.15) is 0 Å². The van der Waals surface area contributed by atoms with Crippen molar-refractivity contribution in [3.63, 3.8) is 0 Å². The minimum Gasteiger partial charge on any atom is -0.489 e. The molecule has 3 nitrogen and oxygen atoms in total. The quantitative estimate of drug-likeness (QED) is 0.915. The molecule has 1 aliphatic carbocycles. The van der Waals surface area contributed by atoms with Gasteiger partial charge in [0.15, 0.2) is 0 Å². The van der Waals surface area contributed by atoms with E-state index < -0.39 is 6.10 Å². The normalized spacial score (nSPS) is 25.1. The zero-order valence-electron chi connectivity index (χ0n) is 11.4. The Balaban J connectivity index is 2.02. The van der Waals surface area contributed by atoms with E-state index in [1.165, 1.54) is 0 Å². The summed E-state index contributed by atoms with van der Waals surface area (Å²) >= 11 is 6.20. The van der Waals surface area contributed by atoms with Crippen molar-refractivity contribution in [3.8, 4) is 5.75 Å². The molecule has 0 spiro atoms. The number of rotatable bonds is 4. The molecule has 4 heteroatoms. The van der Waals surface area contributed by atoms with Gasteiger partial charge in [0.2, 0.25) is 0 Å².